The zero-order chi connectivity index (χ0) is 23.1. The molecule has 168 valence electrons. The Bertz CT molecular complexity index is 1270. The van der Waals surface area contributed by atoms with Crippen molar-refractivity contribution in [3.05, 3.63) is 68.8 Å². The van der Waals surface area contributed by atoms with Crippen molar-refractivity contribution in [2.75, 3.05) is 0 Å². The van der Waals surface area contributed by atoms with Crippen molar-refractivity contribution in [3.8, 4) is 23.4 Å². The molecule has 6 nitrogen and oxygen atoms in total. The van der Waals surface area contributed by atoms with Gasteiger partial charge in [0.2, 0.25) is 5.88 Å². The van der Waals surface area contributed by atoms with Crippen LogP contribution in [0.4, 0.5) is 0 Å². The smallest absolute Gasteiger partial charge is 0.273 e. The lowest BCUT2D eigenvalue weighted by molar-refractivity contribution is 0.0917. The highest BCUT2D eigenvalue weighted by atomic mass is 35.5. The summed E-state index contributed by atoms with van der Waals surface area (Å²) >= 11 is 18.5. The van der Waals surface area contributed by atoms with Gasteiger partial charge in [-0.05, 0) is 73.6 Å². The molecule has 2 aromatic carbocycles. The number of rotatable bonds is 5. The van der Waals surface area contributed by atoms with Crippen molar-refractivity contribution < 1.29 is 9.53 Å². The average Bonchev–Trinajstić information content (AvgIpc) is 3.50. The predicted molar refractivity (Wildman–Crippen MR) is 127 cm³/mol. The van der Waals surface area contributed by atoms with Gasteiger partial charge in [0.25, 0.3) is 5.91 Å². The third-order valence-corrected chi connectivity index (χ3v) is 7.18. The Labute approximate surface area is 206 Å². The minimum absolute atomic E-state index is 0.00439. The van der Waals surface area contributed by atoms with Gasteiger partial charge in [-0.1, -0.05) is 41.2 Å². The van der Waals surface area contributed by atoms with Crippen LogP contribution in [0.25, 0.3) is 5.69 Å². The van der Waals surface area contributed by atoms with E-state index in [0.717, 1.165) is 19.3 Å². The third kappa shape index (κ3) is 4.29. The van der Waals surface area contributed by atoms with Crippen LogP contribution < -0.4 is 10.1 Å². The molecular formula is C24H19Cl3N4O2. The van der Waals surface area contributed by atoms with E-state index in [2.05, 4.69) is 16.5 Å². The van der Waals surface area contributed by atoms with Gasteiger partial charge in [0, 0.05) is 16.1 Å². The van der Waals surface area contributed by atoms with E-state index >= 15 is 0 Å². The maximum Gasteiger partial charge on any atom is 0.273 e. The van der Waals surface area contributed by atoms with E-state index in [1.165, 1.54) is 11.1 Å². The van der Waals surface area contributed by atoms with Crippen molar-refractivity contribution in [1.29, 1.82) is 5.26 Å². The minimum Gasteiger partial charge on any atom is -0.438 e. The summed E-state index contributed by atoms with van der Waals surface area (Å²) in [5, 5.41) is 18.8. The van der Waals surface area contributed by atoms with Gasteiger partial charge in [0.15, 0.2) is 5.69 Å². The van der Waals surface area contributed by atoms with Crippen LogP contribution in [-0.4, -0.2) is 21.7 Å². The molecule has 2 bridgehead atoms. The summed E-state index contributed by atoms with van der Waals surface area (Å²) < 4.78 is 7.39. The highest BCUT2D eigenvalue weighted by Crippen LogP contribution is 2.44. The normalized spacial score (nSPS) is 21.1. The van der Waals surface area contributed by atoms with Crippen molar-refractivity contribution >= 4 is 40.7 Å². The van der Waals surface area contributed by atoms with Gasteiger partial charge < -0.3 is 10.1 Å². The molecule has 0 saturated heterocycles. The molecule has 33 heavy (non-hydrogen) atoms. The number of aromatic nitrogens is 2. The lowest BCUT2D eigenvalue weighted by Gasteiger charge is -2.22. The molecule has 0 spiro atoms. The van der Waals surface area contributed by atoms with Gasteiger partial charge in [-0.2, -0.15) is 15.0 Å². The first-order chi connectivity index (χ1) is 15.9. The number of hydrogen-bond donors (Lipinski definition) is 1. The quantitative estimate of drug-likeness (QED) is 0.438. The molecule has 3 atom stereocenters. The molecule has 5 rings (SSSR count). The second kappa shape index (κ2) is 8.90. The first kappa shape index (κ1) is 22.1. The van der Waals surface area contributed by atoms with Crippen LogP contribution in [0.5, 0.6) is 11.6 Å². The lowest BCUT2D eigenvalue weighted by atomic mass is 9.95. The molecule has 3 aromatic rings. The van der Waals surface area contributed by atoms with E-state index < -0.39 is 5.91 Å². The first-order valence-corrected chi connectivity index (χ1v) is 11.8. The Morgan fingerprint density at radius 2 is 1.85 bits per heavy atom. The molecular weight excluding hydrogens is 483 g/mol. The van der Waals surface area contributed by atoms with Gasteiger partial charge in [0.05, 0.1) is 10.7 Å². The molecule has 1 amide bonds. The largest absolute Gasteiger partial charge is 0.438 e. The van der Waals surface area contributed by atoms with Crippen molar-refractivity contribution in [1.82, 2.24) is 15.1 Å². The fourth-order valence-corrected chi connectivity index (χ4v) is 5.46. The number of halogens is 3. The fraction of sp³-hybridized carbons (Fsp3) is 0.292. The second-order valence-corrected chi connectivity index (χ2v) is 9.74. The molecule has 2 aliphatic carbocycles. The number of hydrogen-bond acceptors (Lipinski definition) is 4. The van der Waals surface area contributed by atoms with Crippen LogP contribution in [-0.2, 0) is 0 Å². The van der Waals surface area contributed by atoms with Crippen LogP contribution in [0.2, 0.25) is 15.1 Å². The lowest BCUT2D eigenvalue weighted by Crippen LogP contribution is -2.39. The van der Waals surface area contributed by atoms with Gasteiger partial charge in [-0.15, -0.1) is 0 Å². The Morgan fingerprint density at radius 1 is 1.09 bits per heavy atom. The molecule has 2 aliphatic rings. The topological polar surface area (TPSA) is 79.9 Å². The van der Waals surface area contributed by atoms with Crippen molar-refractivity contribution in [2.45, 2.75) is 31.7 Å². The number of benzene rings is 2. The Morgan fingerprint density at radius 3 is 2.48 bits per heavy atom. The highest BCUT2D eigenvalue weighted by Gasteiger charge is 2.41. The van der Waals surface area contributed by atoms with Crippen LogP contribution >= 0.6 is 34.8 Å². The van der Waals surface area contributed by atoms with Crippen LogP contribution in [0, 0.1) is 23.2 Å². The fourth-order valence-electron chi connectivity index (χ4n) is 4.85. The van der Waals surface area contributed by atoms with E-state index in [4.69, 9.17) is 39.5 Å². The standard InChI is InChI=1S/C24H19Cl3N4O2/c25-15-3-6-17(7-4-15)33-24-18(12-28)22(23(32)29-20-10-13-1-2-14(20)9-13)30-31(24)21-8-5-16(26)11-19(21)27/h3-8,11,13-14,20H,1-2,9-10H2,(H,29,32). The van der Waals surface area contributed by atoms with Gasteiger partial charge in [0.1, 0.15) is 17.4 Å². The van der Waals surface area contributed by atoms with Crippen molar-refractivity contribution in [3.63, 3.8) is 0 Å². The summed E-state index contributed by atoms with van der Waals surface area (Å²) in [7, 11) is 0. The number of nitrogens with one attached hydrogen (secondary N) is 1. The van der Waals surface area contributed by atoms with E-state index in [1.807, 2.05) is 0 Å². The molecule has 2 fully saturated rings. The monoisotopic (exact) mass is 500 g/mol. The highest BCUT2D eigenvalue weighted by molar-refractivity contribution is 6.35. The molecule has 1 aromatic heterocycles. The van der Waals surface area contributed by atoms with Crippen molar-refractivity contribution in [2.24, 2.45) is 11.8 Å². The molecule has 1 heterocycles. The second-order valence-electron chi connectivity index (χ2n) is 8.46. The van der Waals surface area contributed by atoms with E-state index in [1.54, 1.807) is 42.5 Å². The number of nitrogens with zero attached hydrogens (tertiary/aromatic N) is 3. The number of amides is 1. The molecule has 2 saturated carbocycles. The molecule has 0 radical (unpaired) electrons. The Balaban J connectivity index is 1.56. The SMILES string of the molecule is N#Cc1c(C(=O)NC2CC3CCC2C3)nn(-c2ccc(Cl)cc2Cl)c1Oc1ccc(Cl)cc1. The zero-order valence-corrected chi connectivity index (χ0v) is 19.7. The number of carbonyl (C=O) groups is 1. The molecule has 1 N–H and O–H groups in total. The number of fused-ring (bicyclic) bond motifs is 2. The minimum atomic E-state index is -0.395. The van der Waals surface area contributed by atoms with Crippen LogP contribution in [0.3, 0.4) is 0 Å². The summed E-state index contributed by atoms with van der Waals surface area (Å²) in [6, 6.07) is 13.7. The third-order valence-electron chi connectivity index (χ3n) is 6.39. The summed E-state index contributed by atoms with van der Waals surface area (Å²) in [4.78, 5) is 13.2. The Kier molecular flexibility index (Phi) is 5.96. The maximum absolute atomic E-state index is 13.2. The first-order valence-electron chi connectivity index (χ1n) is 10.7. The summed E-state index contributed by atoms with van der Waals surface area (Å²) in [5.74, 6) is 1.28. The van der Waals surface area contributed by atoms with Crippen LogP contribution in [0.15, 0.2) is 42.5 Å². The summed E-state index contributed by atoms with van der Waals surface area (Å²) in [6.07, 6.45) is 4.47. The van der Waals surface area contributed by atoms with Crippen LogP contribution in [0.1, 0.15) is 41.7 Å². The van der Waals surface area contributed by atoms with E-state index in [0.29, 0.717) is 38.3 Å². The number of ether oxygens (including phenoxy) is 1. The maximum atomic E-state index is 13.2. The van der Waals surface area contributed by atoms with E-state index in [-0.39, 0.29) is 23.2 Å². The van der Waals surface area contributed by atoms with Gasteiger partial charge >= 0.3 is 0 Å². The van der Waals surface area contributed by atoms with Gasteiger partial charge in [-0.3, -0.25) is 4.79 Å². The number of carbonyl (C=O) groups excluding carboxylic acids is 1. The number of nitriles is 1. The molecule has 3 unspecified atom stereocenters. The summed E-state index contributed by atoms with van der Waals surface area (Å²) in [6.45, 7) is 0. The summed E-state index contributed by atoms with van der Waals surface area (Å²) in [5.41, 5.74) is 0.451. The predicted octanol–water partition coefficient (Wildman–Crippen LogP) is 6.41. The van der Waals surface area contributed by atoms with Gasteiger partial charge in [-0.25, -0.2) is 0 Å². The Hall–Kier alpha value is -2.72. The van der Waals surface area contributed by atoms with E-state index in [9.17, 15) is 10.1 Å². The zero-order valence-electron chi connectivity index (χ0n) is 17.4. The molecule has 0 aliphatic heterocycles. The average molecular weight is 502 g/mol. The molecule has 9 heteroatoms.